The molecule has 8 heteroatoms. The van der Waals surface area contributed by atoms with E-state index in [9.17, 15) is 9.59 Å². The fraction of sp³-hybridized carbons (Fsp3) is 0.158. The minimum Gasteiger partial charge on any atom is -0.495 e. The summed E-state index contributed by atoms with van der Waals surface area (Å²) in [6.07, 6.45) is 0. The largest absolute Gasteiger partial charge is 0.495 e. The summed E-state index contributed by atoms with van der Waals surface area (Å²) in [4.78, 5) is 23.2. The van der Waals surface area contributed by atoms with Gasteiger partial charge in [0.15, 0.2) is 0 Å². The predicted molar refractivity (Wildman–Crippen MR) is 103 cm³/mol. The number of primary amides is 1. The molecule has 0 aliphatic heterocycles. The molecule has 4 N–H and O–H groups in total. The van der Waals surface area contributed by atoms with Crippen LogP contribution >= 0.6 is 11.6 Å². The number of nitrogens with two attached hydrogens (primary N) is 1. The molecule has 0 aromatic heterocycles. The maximum atomic E-state index is 11.9. The molecule has 2 aromatic carbocycles. The van der Waals surface area contributed by atoms with Crippen molar-refractivity contribution in [2.45, 2.75) is 0 Å². The van der Waals surface area contributed by atoms with Crippen LogP contribution in [0.5, 0.6) is 11.5 Å². The van der Waals surface area contributed by atoms with Crippen molar-refractivity contribution in [2.75, 3.05) is 25.6 Å². The lowest BCUT2D eigenvalue weighted by Gasteiger charge is -2.10. The molecule has 0 unspecified atom stereocenters. The van der Waals surface area contributed by atoms with Gasteiger partial charge in [0.05, 0.1) is 24.9 Å². The maximum Gasteiger partial charge on any atom is 0.320 e. The van der Waals surface area contributed by atoms with Gasteiger partial charge in [0.25, 0.3) is 5.91 Å². The number of hydrogen-bond acceptors (Lipinski definition) is 4. The second-order valence-corrected chi connectivity index (χ2v) is 5.59. The van der Waals surface area contributed by atoms with Gasteiger partial charge >= 0.3 is 6.03 Å². The Hall–Kier alpha value is -3.37. The number of ether oxygens (including phenoxy) is 2. The van der Waals surface area contributed by atoms with Gasteiger partial charge in [-0.3, -0.25) is 4.79 Å². The molecule has 2 aromatic rings. The first-order chi connectivity index (χ1) is 13.0. The van der Waals surface area contributed by atoms with Crippen molar-refractivity contribution >= 4 is 29.2 Å². The number of methoxy groups -OCH3 is 1. The minimum atomic E-state index is -0.576. The third-order valence-corrected chi connectivity index (χ3v) is 3.56. The van der Waals surface area contributed by atoms with E-state index in [4.69, 9.17) is 26.8 Å². The van der Waals surface area contributed by atoms with Gasteiger partial charge < -0.3 is 25.8 Å². The number of carbonyl (C=O) groups is 2. The highest BCUT2D eigenvalue weighted by atomic mass is 35.5. The third kappa shape index (κ3) is 6.13. The Morgan fingerprint density at radius 3 is 2.67 bits per heavy atom. The Morgan fingerprint density at radius 2 is 1.93 bits per heavy atom. The summed E-state index contributed by atoms with van der Waals surface area (Å²) in [5, 5.41) is 5.68. The summed E-state index contributed by atoms with van der Waals surface area (Å²) < 4.78 is 10.6. The Balaban J connectivity index is 1.80. The molecule has 0 atom stereocenters. The average Bonchev–Trinajstić information content (AvgIpc) is 2.65. The highest BCUT2D eigenvalue weighted by Gasteiger charge is 2.08. The number of para-hydroxylation sites is 1. The normalized spacial score (nSPS) is 9.56. The first kappa shape index (κ1) is 19.9. The van der Waals surface area contributed by atoms with Crippen LogP contribution in [-0.2, 0) is 0 Å². The number of anilines is 1. The number of halogens is 1. The van der Waals surface area contributed by atoms with E-state index in [-0.39, 0.29) is 18.7 Å². The van der Waals surface area contributed by atoms with Crippen LogP contribution in [0.1, 0.15) is 10.4 Å². The molecular formula is C19H18ClN3O4. The lowest BCUT2D eigenvalue weighted by Crippen LogP contribution is -2.29. The average molecular weight is 388 g/mol. The predicted octanol–water partition coefficient (Wildman–Crippen LogP) is 2.65. The molecule has 27 heavy (non-hydrogen) atoms. The Kier molecular flexibility index (Phi) is 7.35. The first-order valence-electron chi connectivity index (χ1n) is 7.87. The standard InChI is InChI=1S/C19H18ClN3O4/c1-26-17-9-8-13(20)12-15(17)23-19(25)22-10-4-5-11-27-16-7-3-2-6-14(16)18(21)24/h2-3,6-9,12H,10-11H2,1H3,(H2,21,24)(H2,22,23,25). The van der Waals surface area contributed by atoms with Crippen LogP contribution in [0.2, 0.25) is 5.02 Å². The Morgan fingerprint density at radius 1 is 1.15 bits per heavy atom. The van der Waals surface area contributed by atoms with Gasteiger partial charge in [0.2, 0.25) is 0 Å². The second kappa shape index (κ2) is 9.94. The van der Waals surface area contributed by atoms with Gasteiger partial charge in [-0.05, 0) is 30.3 Å². The number of rotatable bonds is 6. The van der Waals surface area contributed by atoms with Crippen molar-refractivity contribution in [3.8, 4) is 23.3 Å². The van der Waals surface area contributed by atoms with Crippen molar-refractivity contribution in [2.24, 2.45) is 5.73 Å². The van der Waals surface area contributed by atoms with E-state index in [1.807, 2.05) is 0 Å². The lowest BCUT2D eigenvalue weighted by molar-refractivity contribution is 0.0997. The zero-order chi connectivity index (χ0) is 19.6. The summed E-state index contributed by atoms with van der Waals surface area (Å²) in [6.45, 7) is 0.158. The summed E-state index contributed by atoms with van der Waals surface area (Å²) in [7, 11) is 1.49. The minimum absolute atomic E-state index is 0.0513. The van der Waals surface area contributed by atoms with Crippen molar-refractivity contribution < 1.29 is 19.1 Å². The summed E-state index contributed by atoms with van der Waals surface area (Å²) in [6, 6.07) is 11.1. The van der Waals surface area contributed by atoms with Crippen molar-refractivity contribution in [1.29, 1.82) is 0 Å². The van der Waals surface area contributed by atoms with Crippen LogP contribution in [-0.4, -0.2) is 32.2 Å². The van der Waals surface area contributed by atoms with E-state index in [2.05, 4.69) is 22.5 Å². The molecule has 0 aliphatic carbocycles. The Labute approximate surface area is 161 Å². The maximum absolute atomic E-state index is 11.9. The van der Waals surface area contributed by atoms with E-state index >= 15 is 0 Å². The van der Waals surface area contributed by atoms with Gasteiger partial charge in [-0.1, -0.05) is 35.6 Å². The van der Waals surface area contributed by atoms with Gasteiger partial charge in [0, 0.05) is 5.02 Å². The van der Waals surface area contributed by atoms with E-state index in [0.717, 1.165) is 0 Å². The number of benzene rings is 2. The van der Waals surface area contributed by atoms with E-state index in [1.54, 1.807) is 42.5 Å². The zero-order valence-corrected chi connectivity index (χ0v) is 15.3. The van der Waals surface area contributed by atoms with Crippen LogP contribution in [0, 0.1) is 11.8 Å². The summed E-state index contributed by atoms with van der Waals surface area (Å²) in [5.41, 5.74) is 6.00. The summed E-state index contributed by atoms with van der Waals surface area (Å²) >= 11 is 5.91. The molecular weight excluding hydrogens is 370 g/mol. The third-order valence-electron chi connectivity index (χ3n) is 3.32. The highest BCUT2D eigenvalue weighted by Crippen LogP contribution is 2.27. The zero-order valence-electron chi connectivity index (χ0n) is 14.5. The Bertz CT molecular complexity index is 890. The molecule has 140 valence electrons. The monoisotopic (exact) mass is 387 g/mol. The van der Waals surface area contributed by atoms with Crippen LogP contribution in [0.25, 0.3) is 0 Å². The SMILES string of the molecule is COc1ccc(Cl)cc1NC(=O)NCC#CCOc1ccccc1C(N)=O. The molecule has 0 heterocycles. The van der Waals surface area contributed by atoms with Gasteiger partial charge in [-0.2, -0.15) is 0 Å². The van der Waals surface area contributed by atoms with E-state index in [1.165, 1.54) is 7.11 Å². The van der Waals surface area contributed by atoms with Crippen LogP contribution in [0.4, 0.5) is 10.5 Å². The number of hydrogen-bond donors (Lipinski definition) is 3. The molecule has 0 bridgehead atoms. The fourth-order valence-corrected chi connectivity index (χ4v) is 2.26. The fourth-order valence-electron chi connectivity index (χ4n) is 2.09. The van der Waals surface area contributed by atoms with Crippen molar-refractivity contribution in [3.05, 3.63) is 53.1 Å². The molecule has 3 amide bonds. The molecule has 0 saturated carbocycles. The number of urea groups is 1. The van der Waals surface area contributed by atoms with Gasteiger partial charge in [0.1, 0.15) is 18.1 Å². The van der Waals surface area contributed by atoms with Crippen molar-refractivity contribution in [3.63, 3.8) is 0 Å². The van der Waals surface area contributed by atoms with Crippen LogP contribution in [0.3, 0.4) is 0 Å². The molecule has 0 aliphatic rings. The molecule has 7 nitrogen and oxygen atoms in total. The highest BCUT2D eigenvalue weighted by molar-refractivity contribution is 6.31. The molecule has 0 fully saturated rings. The molecule has 0 spiro atoms. The number of carbonyl (C=O) groups excluding carboxylic acids is 2. The van der Waals surface area contributed by atoms with Crippen molar-refractivity contribution in [1.82, 2.24) is 5.32 Å². The lowest BCUT2D eigenvalue weighted by atomic mass is 10.2. The van der Waals surface area contributed by atoms with E-state index < -0.39 is 11.9 Å². The quantitative estimate of drug-likeness (QED) is 0.663. The first-order valence-corrected chi connectivity index (χ1v) is 8.25. The number of amides is 3. The van der Waals surface area contributed by atoms with Crippen LogP contribution < -0.4 is 25.8 Å². The van der Waals surface area contributed by atoms with Crippen LogP contribution in [0.15, 0.2) is 42.5 Å². The summed E-state index contributed by atoms with van der Waals surface area (Å²) in [5.74, 6) is 5.75. The number of nitrogens with one attached hydrogen (secondary N) is 2. The molecule has 0 radical (unpaired) electrons. The topological polar surface area (TPSA) is 103 Å². The second-order valence-electron chi connectivity index (χ2n) is 5.15. The van der Waals surface area contributed by atoms with Gasteiger partial charge in [-0.15, -0.1) is 0 Å². The molecule has 2 rings (SSSR count). The smallest absolute Gasteiger partial charge is 0.320 e. The molecule has 0 saturated heterocycles. The van der Waals surface area contributed by atoms with E-state index in [0.29, 0.717) is 22.2 Å². The van der Waals surface area contributed by atoms with Gasteiger partial charge in [-0.25, -0.2) is 4.79 Å².